The van der Waals surface area contributed by atoms with Gasteiger partial charge in [-0.15, -0.1) is 0 Å². The van der Waals surface area contributed by atoms with E-state index in [2.05, 4.69) is 19.2 Å². The highest BCUT2D eigenvalue weighted by Crippen LogP contribution is 2.21. The van der Waals surface area contributed by atoms with E-state index >= 15 is 0 Å². The zero-order chi connectivity index (χ0) is 17.0. The summed E-state index contributed by atoms with van der Waals surface area (Å²) in [6.45, 7) is 5.91. The van der Waals surface area contributed by atoms with Gasteiger partial charge in [0.2, 0.25) is 5.56 Å². The van der Waals surface area contributed by atoms with Gasteiger partial charge in [0, 0.05) is 19.3 Å². The van der Waals surface area contributed by atoms with Gasteiger partial charge in [-0.05, 0) is 36.6 Å². The Balaban J connectivity index is 2.03. The Labute approximate surface area is 135 Å². The number of amides is 1. The second-order valence-electron chi connectivity index (χ2n) is 5.84. The Morgan fingerprint density at radius 1 is 1.17 bits per heavy atom. The van der Waals surface area contributed by atoms with Crippen molar-refractivity contribution in [3.8, 4) is 5.75 Å². The summed E-state index contributed by atoms with van der Waals surface area (Å²) in [5.41, 5.74) is 1.59. The van der Waals surface area contributed by atoms with Gasteiger partial charge in [0.05, 0.1) is 5.69 Å². The molecule has 1 N–H and O–H groups in total. The molecule has 0 aliphatic carbocycles. The molecule has 0 fully saturated rings. The molecule has 5 nitrogen and oxygen atoms in total. The molecule has 0 saturated carbocycles. The standard InChI is InChI=1S/C18H22N2O3/c1-12(2)14-6-5-7-16(10-14)23-13(3)18(22)19-15-8-9-17(21)20(4)11-15/h5-13H,1-4H3,(H,19,22). The van der Waals surface area contributed by atoms with E-state index in [0.29, 0.717) is 17.4 Å². The second kappa shape index (κ2) is 7.13. The maximum absolute atomic E-state index is 12.2. The Bertz CT molecular complexity index is 750. The number of carbonyl (C=O) groups excluding carboxylic acids is 1. The van der Waals surface area contributed by atoms with Crippen molar-refractivity contribution in [3.05, 3.63) is 58.5 Å². The van der Waals surface area contributed by atoms with E-state index in [1.807, 2.05) is 24.3 Å². The molecule has 1 unspecified atom stereocenters. The van der Waals surface area contributed by atoms with Crippen LogP contribution < -0.4 is 15.6 Å². The van der Waals surface area contributed by atoms with Crippen LogP contribution in [0, 0.1) is 0 Å². The molecule has 0 spiro atoms. The van der Waals surface area contributed by atoms with Crippen LogP contribution in [0.5, 0.6) is 5.75 Å². The van der Waals surface area contributed by atoms with Crippen molar-refractivity contribution >= 4 is 11.6 Å². The lowest BCUT2D eigenvalue weighted by Gasteiger charge is -2.16. The monoisotopic (exact) mass is 314 g/mol. The zero-order valence-electron chi connectivity index (χ0n) is 13.9. The molecule has 0 radical (unpaired) electrons. The van der Waals surface area contributed by atoms with Gasteiger partial charge < -0.3 is 14.6 Å². The van der Waals surface area contributed by atoms with Crippen molar-refractivity contribution < 1.29 is 9.53 Å². The molecule has 2 rings (SSSR count). The number of nitrogens with zero attached hydrogens (tertiary/aromatic N) is 1. The van der Waals surface area contributed by atoms with E-state index in [1.54, 1.807) is 26.2 Å². The van der Waals surface area contributed by atoms with Crippen LogP contribution in [-0.2, 0) is 11.8 Å². The van der Waals surface area contributed by atoms with Crippen molar-refractivity contribution in [1.29, 1.82) is 0 Å². The van der Waals surface area contributed by atoms with Crippen LogP contribution in [0.3, 0.4) is 0 Å². The summed E-state index contributed by atoms with van der Waals surface area (Å²) in [6, 6.07) is 10.7. The maximum Gasteiger partial charge on any atom is 0.265 e. The molecule has 0 aliphatic rings. The van der Waals surface area contributed by atoms with Crippen LogP contribution in [0.4, 0.5) is 5.69 Å². The average Bonchev–Trinajstić information content (AvgIpc) is 2.51. The predicted octanol–water partition coefficient (Wildman–Crippen LogP) is 2.91. The lowest BCUT2D eigenvalue weighted by molar-refractivity contribution is -0.122. The van der Waals surface area contributed by atoms with Gasteiger partial charge in [-0.25, -0.2) is 0 Å². The Morgan fingerprint density at radius 2 is 1.91 bits per heavy atom. The number of anilines is 1. The summed E-state index contributed by atoms with van der Waals surface area (Å²) in [6.07, 6.45) is 0.932. The number of nitrogens with one attached hydrogen (secondary N) is 1. The van der Waals surface area contributed by atoms with Gasteiger partial charge in [0.25, 0.3) is 5.91 Å². The van der Waals surface area contributed by atoms with Gasteiger partial charge >= 0.3 is 0 Å². The predicted molar refractivity (Wildman–Crippen MR) is 90.9 cm³/mol. The molecule has 1 aromatic carbocycles. The number of aryl methyl sites for hydroxylation is 1. The Morgan fingerprint density at radius 3 is 2.57 bits per heavy atom. The molecule has 0 bridgehead atoms. The smallest absolute Gasteiger partial charge is 0.265 e. The molecular formula is C18H22N2O3. The topological polar surface area (TPSA) is 60.3 Å². The van der Waals surface area contributed by atoms with Crippen molar-refractivity contribution in [3.63, 3.8) is 0 Å². The van der Waals surface area contributed by atoms with E-state index in [-0.39, 0.29) is 11.5 Å². The number of benzene rings is 1. The minimum atomic E-state index is -0.644. The first-order valence-electron chi connectivity index (χ1n) is 7.61. The molecule has 1 heterocycles. The summed E-state index contributed by atoms with van der Waals surface area (Å²) in [4.78, 5) is 23.6. The molecule has 0 saturated heterocycles. The van der Waals surface area contributed by atoms with Crippen molar-refractivity contribution in [1.82, 2.24) is 4.57 Å². The van der Waals surface area contributed by atoms with Crippen molar-refractivity contribution in [2.45, 2.75) is 32.8 Å². The number of hydrogen-bond acceptors (Lipinski definition) is 3. The molecular weight excluding hydrogens is 292 g/mol. The van der Waals surface area contributed by atoms with Crippen LogP contribution in [0.15, 0.2) is 47.4 Å². The fourth-order valence-electron chi connectivity index (χ4n) is 2.12. The molecule has 5 heteroatoms. The number of ether oxygens (including phenoxy) is 1. The van der Waals surface area contributed by atoms with Crippen LogP contribution in [0.1, 0.15) is 32.3 Å². The third-order valence-corrected chi connectivity index (χ3v) is 3.56. The number of aromatic nitrogens is 1. The summed E-state index contributed by atoms with van der Waals surface area (Å²) in [5.74, 6) is 0.797. The van der Waals surface area contributed by atoms with E-state index < -0.39 is 6.10 Å². The zero-order valence-corrected chi connectivity index (χ0v) is 13.9. The summed E-state index contributed by atoms with van der Waals surface area (Å²) >= 11 is 0. The number of hydrogen-bond donors (Lipinski definition) is 1. The summed E-state index contributed by atoms with van der Waals surface area (Å²) in [7, 11) is 1.63. The molecule has 122 valence electrons. The number of carbonyl (C=O) groups is 1. The van der Waals surface area contributed by atoms with E-state index in [4.69, 9.17) is 4.74 Å². The summed E-state index contributed by atoms with van der Waals surface area (Å²) < 4.78 is 7.12. The van der Waals surface area contributed by atoms with Gasteiger partial charge in [-0.3, -0.25) is 9.59 Å². The highest BCUT2D eigenvalue weighted by molar-refractivity contribution is 5.93. The van der Waals surface area contributed by atoms with Gasteiger partial charge in [0.1, 0.15) is 5.75 Å². The molecule has 0 aliphatic heterocycles. The number of rotatable bonds is 5. The third-order valence-electron chi connectivity index (χ3n) is 3.56. The SMILES string of the molecule is CC(Oc1cccc(C(C)C)c1)C(=O)Nc1ccc(=O)n(C)c1. The van der Waals surface area contributed by atoms with Crippen molar-refractivity contribution in [2.24, 2.45) is 7.05 Å². The van der Waals surface area contributed by atoms with Crippen LogP contribution in [0.25, 0.3) is 0 Å². The van der Waals surface area contributed by atoms with Crippen LogP contribution >= 0.6 is 0 Å². The normalized spacial score (nSPS) is 12.0. The van der Waals surface area contributed by atoms with Gasteiger partial charge in [-0.2, -0.15) is 0 Å². The minimum Gasteiger partial charge on any atom is -0.481 e. The molecule has 23 heavy (non-hydrogen) atoms. The second-order valence-corrected chi connectivity index (χ2v) is 5.84. The van der Waals surface area contributed by atoms with Crippen LogP contribution in [-0.4, -0.2) is 16.6 Å². The molecule has 1 atom stereocenters. The first-order chi connectivity index (χ1) is 10.9. The molecule has 2 aromatic rings. The number of pyridine rings is 1. The largest absolute Gasteiger partial charge is 0.481 e. The lowest BCUT2D eigenvalue weighted by Crippen LogP contribution is -2.30. The highest BCUT2D eigenvalue weighted by Gasteiger charge is 2.15. The third kappa shape index (κ3) is 4.45. The lowest BCUT2D eigenvalue weighted by atomic mass is 10.0. The average molecular weight is 314 g/mol. The van der Waals surface area contributed by atoms with E-state index in [1.165, 1.54) is 10.6 Å². The fraction of sp³-hybridized carbons (Fsp3) is 0.333. The minimum absolute atomic E-state index is 0.127. The highest BCUT2D eigenvalue weighted by atomic mass is 16.5. The van der Waals surface area contributed by atoms with E-state index in [9.17, 15) is 9.59 Å². The summed E-state index contributed by atoms with van der Waals surface area (Å²) in [5, 5.41) is 2.74. The first-order valence-corrected chi connectivity index (χ1v) is 7.61. The van der Waals surface area contributed by atoms with Crippen LogP contribution in [0.2, 0.25) is 0 Å². The Hall–Kier alpha value is -2.56. The Kier molecular flexibility index (Phi) is 5.21. The van der Waals surface area contributed by atoms with E-state index in [0.717, 1.165) is 5.56 Å². The van der Waals surface area contributed by atoms with Gasteiger partial charge in [-0.1, -0.05) is 26.0 Å². The first kappa shape index (κ1) is 16.8. The fourth-order valence-corrected chi connectivity index (χ4v) is 2.12. The van der Waals surface area contributed by atoms with Crippen molar-refractivity contribution in [2.75, 3.05) is 5.32 Å². The van der Waals surface area contributed by atoms with Gasteiger partial charge in [0.15, 0.2) is 6.10 Å². The quantitative estimate of drug-likeness (QED) is 0.923. The maximum atomic E-state index is 12.2. The molecule has 1 aromatic heterocycles. The molecule has 1 amide bonds.